The Balaban J connectivity index is 2.44. The first kappa shape index (κ1) is 10.2. The van der Waals surface area contributed by atoms with Gasteiger partial charge in [0.15, 0.2) is 0 Å². The summed E-state index contributed by atoms with van der Waals surface area (Å²) >= 11 is 1.65. The molecule has 3 nitrogen and oxygen atoms in total. The van der Waals surface area contributed by atoms with Crippen molar-refractivity contribution in [3.63, 3.8) is 0 Å². The number of rotatable bonds is 4. The molecule has 1 atom stereocenters. The summed E-state index contributed by atoms with van der Waals surface area (Å²) in [6, 6.07) is 1.30. The average molecular weight is 199 g/mol. The number of carboxylic acid groups (broad SMARTS) is 1. The van der Waals surface area contributed by atoms with Crippen molar-refractivity contribution in [1.82, 2.24) is 0 Å². The molecule has 72 valence electrons. The fourth-order valence-electron chi connectivity index (χ4n) is 1.07. The van der Waals surface area contributed by atoms with Crippen LogP contribution in [0.15, 0.2) is 11.4 Å². The van der Waals surface area contributed by atoms with Gasteiger partial charge in [0.05, 0.1) is 0 Å². The fraction of sp³-hybridized carbons (Fsp3) is 0.444. The van der Waals surface area contributed by atoms with Gasteiger partial charge in [-0.3, -0.25) is 4.79 Å². The Labute approximate surface area is 81.2 Å². The van der Waals surface area contributed by atoms with E-state index in [9.17, 15) is 4.79 Å². The second-order valence-corrected chi connectivity index (χ2v) is 4.01. The minimum atomic E-state index is -0.922. The molecule has 0 amide bonds. The van der Waals surface area contributed by atoms with E-state index in [0.717, 1.165) is 6.42 Å². The van der Waals surface area contributed by atoms with Crippen LogP contribution < -0.4 is 5.73 Å². The Morgan fingerprint density at radius 3 is 2.92 bits per heavy atom. The van der Waals surface area contributed by atoms with E-state index in [2.05, 4.69) is 0 Å². The van der Waals surface area contributed by atoms with E-state index in [1.807, 2.05) is 18.4 Å². The van der Waals surface area contributed by atoms with Crippen molar-refractivity contribution >= 4 is 17.3 Å². The third kappa shape index (κ3) is 2.82. The Morgan fingerprint density at radius 1 is 1.77 bits per heavy atom. The van der Waals surface area contributed by atoms with Crippen LogP contribution >= 0.6 is 11.3 Å². The Morgan fingerprint density at radius 2 is 2.46 bits per heavy atom. The Bertz CT molecular complexity index is 296. The molecule has 0 saturated carbocycles. The Hall–Kier alpha value is -0.870. The van der Waals surface area contributed by atoms with Crippen molar-refractivity contribution in [3.05, 3.63) is 21.9 Å². The quantitative estimate of drug-likeness (QED) is 0.770. The van der Waals surface area contributed by atoms with E-state index in [0.29, 0.717) is 6.42 Å². The van der Waals surface area contributed by atoms with E-state index in [4.69, 9.17) is 10.8 Å². The lowest BCUT2D eigenvalue weighted by atomic mass is 10.1. The van der Waals surface area contributed by atoms with Gasteiger partial charge in [0.25, 0.3) is 0 Å². The first-order valence-electron chi connectivity index (χ1n) is 4.12. The number of hydrogen-bond acceptors (Lipinski definition) is 3. The van der Waals surface area contributed by atoms with Gasteiger partial charge in [-0.2, -0.15) is 0 Å². The maximum Gasteiger partial charge on any atom is 0.320 e. The second kappa shape index (κ2) is 4.39. The van der Waals surface area contributed by atoms with Crippen molar-refractivity contribution in [2.24, 2.45) is 5.73 Å². The molecule has 1 aromatic rings. The zero-order valence-corrected chi connectivity index (χ0v) is 8.30. The minimum absolute atomic E-state index is 0.511. The Kier molecular flexibility index (Phi) is 3.45. The molecule has 0 aliphatic heterocycles. The number of nitrogens with two attached hydrogens (primary N) is 1. The number of aliphatic carboxylic acids is 1. The predicted molar refractivity (Wildman–Crippen MR) is 53.0 cm³/mol. The zero-order chi connectivity index (χ0) is 9.84. The minimum Gasteiger partial charge on any atom is -0.480 e. The first-order valence-corrected chi connectivity index (χ1v) is 5.00. The van der Waals surface area contributed by atoms with Crippen LogP contribution in [0.25, 0.3) is 0 Å². The molecule has 0 radical (unpaired) electrons. The summed E-state index contributed by atoms with van der Waals surface area (Å²) in [7, 11) is 0. The third-order valence-corrected chi connectivity index (χ3v) is 3.05. The third-order valence-electron chi connectivity index (χ3n) is 1.97. The van der Waals surface area contributed by atoms with Crippen LogP contribution in [0.5, 0.6) is 0 Å². The number of hydrogen-bond donors (Lipinski definition) is 2. The molecular formula is C9H13NO2S. The molecule has 0 aliphatic carbocycles. The van der Waals surface area contributed by atoms with Gasteiger partial charge in [-0.1, -0.05) is 0 Å². The van der Waals surface area contributed by atoms with Gasteiger partial charge in [-0.15, -0.1) is 11.3 Å². The molecule has 13 heavy (non-hydrogen) atoms. The van der Waals surface area contributed by atoms with Crippen molar-refractivity contribution in [2.75, 3.05) is 0 Å². The van der Waals surface area contributed by atoms with E-state index in [1.165, 1.54) is 10.4 Å². The van der Waals surface area contributed by atoms with Crippen LogP contribution in [0, 0.1) is 6.92 Å². The van der Waals surface area contributed by atoms with Crippen LogP contribution in [-0.2, 0) is 11.2 Å². The molecule has 4 heteroatoms. The van der Waals surface area contributed by atoms with Gasteiger partial charge < -0.3 is 10.8 Å². The van der Waals surface area contributed by atoms with Crippen molar-refractivity contribution in [1.29, 1.82) is 0 Å². The molecule has 1 aromatic heterocycles. The molecule has 0 spiro atoms. The van der Waals surface area contributed by atoms with Crippen LogP contribution in [-0.4, -0.2) is 17.1 Å². The van der Waals surface area contributed by atoms with Gasteiger partial charge in [-0.25, -0.2) is 0 Å². The van der Waals surface area contributed by atoms with E-state index < -0.39 is 12.0 Å². The molecule has 0 aliphatic rings. The lowest BCUT2D eigenvalue weighted by Gasteiger charge is -2.04. The van der Waals surface area contributed by atoms with Gasteiger partial charge in [0.2, 0.25) is 0 Å². The SMILES string of the molecule is Cc1ccsc1CCC(N)C(=O)O. The standard InChI is InChI=1S/C9H13NO2S/c1-6-4-5-13-8(6)3-2-7(10)9(11)12/h4-5,7H,2-3,10H2,1H3,(H,11,12). The van der Waals surface area contributed by atoms with Crippen LogP contribution in [0.3, 0.4) is 0 Å². The zero-order valence-electron chi connectivity index (χ0n) is 7.49. The highest BCUT2D eigenvalue weighted by atomic mass is 32.1. The first-order chi connectivity index (χ1) is 6.11. The smallest absolute Gasteiger partial charge is 0.320 e. The number of aryl methyl sites for hydroxylation is 2. The summed E-state index contributed by atoms with van der Waals surface area (Å²) < 4.78 is 0. The summed E-state index contributed by atoms with van der Waals surface area (Å²) in [4.78, 5) is 11.7. The van der Waals surface area contributed by atoms with E-state index in [-0.39, 0.29) is 0 Å². The summed E-state index contributed by atoms with van der Waals surface area (Å²) in [6.07, 6.45) is 1.27. The van der Waals surface area contributed by atoms with Crippen molar-refractivity contribution < 1.29 is 9.90 Å². The molecule has 1 rings (SSSR count). The lowest BCUT2D eigenvalue weighted by Crippen LogP contribution is -2.30. The molecule has 3 N–H and O–H groups in total. The second-order valence-electron chi connectivity index (χ2n) is 3.01. The number of thiophene rings is 1. The van der Waals surface area contributed by atoms with Gasteiger partial charge in [0.1, 0.15) is 6.04 Å². The largest absolute Gasteiger partial charge is 0.480 e. The van der Waals surface area contributed by atoms with Gasteiger partial charge in [0, 0.05) is 4.88 Å². The van der Waals surface area contributed by atoms with Crippen molar-refractivity contribution in [2.45, 2.75) is 25.8 Å². The molecular weight excluding hydrogens is 186 g/mol. The topological polar surface area (TPSA) is 63.3 Å². The van der Waals surface area contributed by atoms with E-state index >= 15 is 0 Å². The van der Waals surface area contributed by atoms with Crippen LogP contribution in [0.2, 0.25) is 0 Å². The monoisotopic (exact) mass is 199 g/mol. The molecule has 1 heterocycles. The summed E-state index contributed by atoms with van der Waals surface area (Å²) in [5.74, 6) is -0.922. The number of carboxylic acids is 1. The summed E-state index contributed by atoms with van der Waals surface area (Å²) in [6.45, 7) is 2.03. The normalized spacial score (nSPS) is 12.8. The summed E-state index contributed by atoms with van der Waals surface area (Å²) in [5.41, 5.74) is 6.61. The average Bonchev–Trinajstić information content (AvgIpc) is 2.47. The predicted octanol–water partition coefficient (Wildman–Crippen LogP) is 1.40. The molecule has 0 fully saturated rings. The molecule has 1 unspecified atom stereocenters. The van der Waals surface area contributed by atoms with Crippen molar-refractivity contribution in [3.8, 4) is 0 Å². The van der Waals surface area contributed by atoms with E-state index in [1.54, 1.807) is 11.3 Å². The molecule has 0 saturated heterocycles. The fourth-order valence-corrected chi connectivity index (χ4v) is 2.00. The number of carbonyl (C=O) groups is 1. The van der Waals surface area contributed by atoms with Crippen LogP contribution in [0.1, 0.15) is 16.9 Å². The highest BCUT2D eigenvalue weighted by Crippen LogP contribution is 2.17. The van der Waals surface area contributed by atoms with Gasteiger partial charge >= 0.3 is 5.97 Å². The highest BCUT2D eigenvalue weighted by Gasteiger charge is 2.11. The lowest BCUT2D eigenvalue weighted by molar-refractivity contribution is -0.138. The highest BCUT2D eigenvalue weighted by molar-refractivity contribution is 7.10. The maximum atomic E-state index is 10.4. The summed E-state index contributed by atoms with van der Waals surface area (Å²) in [5, 5.41) is 10.6. The molecule has 0 aromatic carbocycles. The van der Waals surface area contributed by atoms with Gasteiger partial charge in [-0.05, 0) is 36.8 Å². The molecule has 0 bridgehead atoms. The van der Waals surface area contributed by atoms with Crippen LogP contribution in [0.4, 0.5) is 0 Å². The maximum absolute atomic E-state index is 10.4.